The van der Waals surface area contributed by atoms with Crippen molar-refractivity contribution in [1.29, 1.82) is 0 Å². The number of H-pyrrole nitrogens is 1. The molecule has 0 radical (unpaired) electrons. The molecule has 19 heavy (non-hydrogen) atoms. The van der Waals surface area contributed by atoms with E-state index in [1.54, 1.807) is 25.3 Å². The number of amides is 1. The van der Waals surface area contributed by atoms with E-state index in [4.69, 9.17) is 4.74 Å². The Bertz CT molecular complexity index is 595. The third-order valence-electron chi connectivity index (χ3n) is 2.67. The number of rotatable bonds is 4. The smallest absolute Gasteiger partial charge is 0.258 e. The molecule has 0 saturated heterocycles. The summed E-state index contributed by atoms with van der Waals surface area (Å²) < 4.78 is 5.81. The molecule has 0 saturated carbocycles. The Hall–Kier alpha value is -1.82. The van der Waals surface area contributed by atoms with E-state index in [2.05, 4.69) is 31.4 Å². The lowest BCUT2D eigenvalue weighted by atomic mass is 10.2. The van der Waals surface area contributed by atoms with Crippen LogP contribution in [0.25, 0.3) is 0 Å². The zero-order valence-corrected chi connectivity index (χ0v) is 12.2. The molecule has 0 aliphatic rings. The van der Waals surface area contributed by atoms with Crippen LogP contribution in [0.5, 0.6) is 5.75 Å². The molecule has 0 aliphatic heterocycles. The maximum atomic E-state index is 12.2. The van der Waals surface area contributed by atoms with Gasteiger partial charge in [0, 0.05) is 16.2 Å². The number of aromatic amines is 1. The van der Waals surface area contributed by atoms with Crippen LogP contribution in [0.4, 0.5) is 5.82 Å². The number of carbonyl (C=O) groups excluding carboxylic acids is 1. The minimum Gasteiger partial charge on any atom is -0.497 e. The number of halogens is 1. The highest BCUT2D eigenvalue weighted by Gasteiger charge is 2.13. The number of benzene rings is 1. The van der Waals surface area contributed by atoms with Gasteiger partial charge in [0.15, 0.2) is 5.82 Å². The van der Waals surface area contributed by atoms with Crippen LogP contribution in [0.1, 0.15) is 23.0 Å². The molecular weight excluding hydrogens is 310 g/mol. The summed E-state index contributed by atoms with van der Waals surface area (Å²) in [5.41, 5.74) is 1.47. The van der Waals surface area contributed by atoms with Crippen LogP contribution < -0.4 is 10.1 Å². The average molecular weight is 324 g/mol. The molecule has 0 spiro atoms. The van der Waals surface area contributed by atoms with Crippen LogP contribution in [0.15, 0.2) is 28.7 Å². The lowest BCUT2D eigenvalue weighted by Gasteiger charge is -2.06. The Morgan fingerprint density at radius 3 is 2.89 bits per heavy atom. The fourth-order valence-electron chi connectivity index (χ4n) is 1.60. The van der Waals surface area contributed by atoms with E-state index in [1.807, 2.05) is 13.0 Å². The summed E-state index contributed by atoms with van der Waals surface area (Å²) in [6, 6.07) is 7.04. The quantitative estimate of drug-likeness (QED) is 0.908. The number of anilines is 1. The van der Waals surface area contributed by atoms with Gasteiger partial charge in [-0.05, 0) is 40.5 Å². The van der Waals surface area contributed by atoms with Gasteiger partial charge < -0.3 is 10.1 Å². The van der Waals surface area contributed by atoms with Gasteiger partial charge in [0.2, 0.25) is 0 Å². The highest BCUT2D eigenvalue weighted by Crippen LogP contribution is 2.23. The number of hydrogen-bond donors (Lipinski definition) is 2. The van der Waals surface area contributed by atoms with Gasteiger partial charge in [-0.2, -0.15) is 5.10 Å². The average Bonchev–Trinajstić information content (AvgIpc) is 2.87. The molecular formula is C13H14BrN3O2. The first-order chi connectivity index (χ1) is 9.13. The summed E-state index contributed by atoms with van der Waals surface area (Å²) in [5, 5.41) is 9.61. The summed E-state index contributed by atoms with van der Waals surface area (Å²) in [6.07, 6.45) is 0.839. The van der Waals surface area contributed by atoms with Gasteiger partial charge in [-0.15, -0.1) is 0 Å². The Morgan fingerprint density at radius 2 is 2.26 bits per heavy atom. The van der Waals surface area contributed by atoms with Crippen molar-refractivity contribution in [2.24, 2.45) is 0 Å². The SMILES string of the molecule is CCc1cc(NC(=O)c2cc(OC)ccc2Br)n[nH]1. The third-order valence-corrected chi connectivity index (χ3v) is 3.36. The molecule has 0 fully saturated rings. The third kappa shape index (κ3) is 3.14. The molecule has 1 heterocycles. The number of methoxy groups -OCH3 is 1. The number of hydrogen-bond acceptors (Lipinski definition) is 3. The van der Waals surface area contributed by atoms with Crippen LogP contribution in [0.3, 0.4) is 0 Å². The minimum atomic E-state index is -0.236. The first kappa shape index (κ1) is 13.6. The molecule has 0 unspecified atom stereocenters. The molecule has 5 nitrogen and oxygen atoms in total. The van der Waals surface area contributed by atoms with Crippen LogP contribution >= 0.6 is 15.9 Å². The number of carbonyl (C=O) groups is 1. The number of ether oxygens (including phenoxy) is 1. The second-order valence-corrected chi connectivity index (χ2v) is 4.79. The van der Waals surface area contributed by atoms with E-state index in [9.17, 15) is 4.79 Å². The maximum Gasteiger partial charge on any atom is 0.258 e. The molecule has 2 rings (SSSR count). The van der Waals surface area contributed by atoms with Crippen LogP contribution in [-0.4, -0.2) is 23.2 Å². The van der Waals surface area contributed by atoms with Crippen molar-refractivity contribution in [3.05, 3.63) is 40.0 Å². The Balaban J connectivity index is 2.19. The number of nitrogens with zero attached hydrogens (tertiary/aromatic N) is 1. The largest absolute Gasteiger partial charge is 0.497 e. The van der Waals surface area contributed by atoms with E-state index >= 15 is 0 Å². The monoisotopic (exact) mass is 323 g/mol. The Kier molecular flexibility index (Phi) is 4.21. The lowest BCUT2D eigenvalue weighted by Crippen LogP contribution is -2.13. The van der Waals surface area contributed by atoms with Crippen molar-refractivity contribution >= 4 is 27.7 Å². The highest BCUT2D eigenvalue weighted by molar-refractivity contribution is 9.10. The summed E-state index contributed by atoms with van der Waals surface area (Å²) >= 11 is 3.35. The number of aryl methyl sites for hydroxylation is 1. The molecule has 1 amide bonds. The standard InChI is InChI=1S/C13H14BrN3O2/c1-3-8-6-12(17-16-8)15-13(18)10-7-9(19-2)4-5-11(10)14/h4-7H,3H2,1-2H3,(H2,15,16,17,18). The zero-order chi connectivity index (χ0) is 13.8. The lowest BCUT2D eigenvalue weighted by molar-refractivity contribution is 0.102. The Morgan fingerprint density at radius 1 is 1.47 bits per heavy atom. The van der Waals surface area contributed by atoms with Gasteiger partial charge >= 0.3 is 0 Å². The van der Waals surface area contributed by atoms with Gasteiger partial charge in [0.05, 0.1) is 12.7 Å². The number of nitrogens with one attached hydrogen (secondary N) is 2. The van der Waals surface area contributed by atoms with Crippen molar-refractivity contribution in [1.82, 2.24) is 10.2 Å². The van der Waals surface area contributed by atoms with Gasteiger partial charge in [-0.1, -0.05) is 6.92 Å². The van der Waals surface area contributed by atoms with Crippen LogP contribution in [0, 0.1) is 0 Å². The predicted molar refractivity (Wildman–Crippen MR) is 76.6 cm³/mol. The maximum absolute atomic E-state index is 12.2. The van der Waals surface area contributed by atoms with E-state index in [1.165, 1.54) is 0 Å². The van der Waals surface area contributed by atoms with Crippen LogP contribution in [-0.2, 0) is 6.42 Å². The van der Waals surface area contributed by atoms with E-state index in [0.717, 1.165) is 12.1 Å². The summed E-state index contributed by atoms with van der Waals surface area (Å²) in [7, 11) is 1.56. The second kappa shape index (κ2) is 5.88. The fourth-order valence-corrected chi connectivity index (χ4v) is 2.02. The van der Waals surface area contributed by atoms with Gasteiger partial charge in [0.1, 0.15) is 5.75 Å². The summed E-state index contributed by atoms with van der Waals surface area (Å²) in [4.78, 5) is 12.2. The Labute approximate surface area is 119 Å². The van der Waals surface area contributed by atoms with Gasteiger partial charge in [-0.25, -0.2) is 0 Å². The van der Waals surface area contributed by atoms with Crippen molar-refractivity contribution in [2.45, 2.75) is 13.3 Å². The molecule has 2 N–H and O–H groups in total. The zero-order valence-electron chi connectivity index (χ0n) is 10.7. The topological polar surface area (TPSA) is 67.0 Å². The van der Waals surface area contributed by atoms with E-state index < -0.39 is 0 Å². The normalized spacial score (nSPS) is 10.3. The molecule has 6 heteroatoms. The molecule has 100 valence electrons. The van der Waals surface area contributed by atoms with Crippen molar-refractivity contribution < 1.29 is 9.53 Å². The van der Waals surface area contributed by atoms with Gasteiger partial charge in [-0.3, -0.25) is 9.89 Å². The van der Waals surface area contributed by atoms with Crippen molar-refractivity contribution in [3.63, 3.8) is 0 Å². The van der Waals surface area contributed by atoms with E-state index in [0.29, 0.717) is 21.6 Å². The highest BCUT2D eigenvalue weighted by atomic mass is 79.9. The van der Waals surface area contributed by atoms with Crippen LogP contribution in [0.2, 0.25) is 0 Å². The molecule has 2 aromatic rings. The molecule has 1 aromatic heterocycles. The first-order valence-corrected chi connectivity index (χ1v) is 6.62. The number of aromatic nitrogens is 2. The predicted octanol–water partition coefficient (Wildman–Crippen LogP) is 3.00. The van der Waals surface area contributed by atoms with Gasteiger partial charge in [0.25, 0.3) is 5.91 Å². The minimum absolute atomic E-state index is 0.236. The molecule has 0 atom stereocenters. The molecule has 0 bridgehead atoms. The van der Waals surface area contributed by atoms with Crippen molar-refractivity contribution in [2.75, 3.05) is 12.4 Å². The summed E-state index contributed by atoms with van der Waals surface area (Å²) in [6.45, 7) is 2.01. The molecule has 0 aliphatic carbocycles. The molecule has 1 aromatic carbocycles. The van der Waals surface area contributed by atoms with Crippen molar-refractivity contribution in [3.8, 4) is 5.75 Å². The second-order valence-electron chi connectivity index (χ2n) is 3.93. The first-order valence-electron chi connectivity index (χ1n) is 5.83. The van der Waals surface area contributed by atoms with E-state index in [-0.39, 0.29) is 5.91 Å². The fraction of sp³-hybridized carbons (Fsp3) is 0.231. The summed E-state index contributed by atoms with van der Waals surface area (Å²) in [5.74, 6) is 0.904.